The molecule has 9 amide bonds. The molecule has 0 aliphatic carbocycles. The minimum atomic E-state index is -4.87. The van der Waals surface area contributed by atoms with Crippen LogP contribution in [0.2, 0.25) is 0 Å². The molecule has 18 unspecified atom stereocenters. The highest BCUT2D eigenvalue weighted by molar-refractivity contribution is 7.47. The van der Waals surface area contributed by atoms with E-state index >= 15 is 0 Å². The first-order chi connectivity index (χ1) is 59.2. The number of phosphoric acid groups is 2. The van der Waals surface area contributed by atoms with Gasteiger partial charge < -0.3 is 141 Å². The van der Waals surface area contributed by atoms with Crippen molar-refractivity contribution in [2.24, 2.45) is 0 Å². The number of nitrogens with one attached hydrogen (secondary N) is 6. The second kappa shape index (κ2) is 65.3. The highest BCUT2D eigenvalue weighted by atomic mass is 31.2. The van der Waals surface area contributed by atoms with Crippen molar-refractivity contribution in [2.75, 3.05) is 138 Å². The maximum Gasteiger partial charge on any atom is 0.472 e. The molecule has 3 aliphatic rings. The molecule has 0 aromatic rings. The van der Waals surface area contributed by atoms with E-state index in [1.54, 1.807) is 0 Å². The Kier molecular flexibility index (Phi) is 59.5. The van der Waals surface area contributed by atoms with Gasteiger partial charge in [0, 0.05) is 138 Å². The Morgan fingerprint density at radius 1 is 0.363 bits per heavy atom. The van der Waals surface area contributed by atoms with Crippen LogP contribution in [0.25, 0.3) is 0 Å². The van der Waals surface area contributed by atoms with Gasteiger partial charge in [-0.2, -0.15) is 0 Å². The summed E-state index contributed by atoms with van der Waals surface area (Å²) in [4.78, 5) is 139. The van der Waals surface area contributed by atoms with Gasteiger partial charge in [-0.05, 0) is 89.9 Å². The zero-order valence-electron chi connectivity index (χ0n) is 73.0. The van der Waals surface area contributed by atoms with Crippen LogP contribution in [0.15, 0.2) is 0 Å². The standard InChI is InChI=1S/C79H147N9O34P2/c1-6-8-27-58(7-2)112-47-38-87(66(100)32-19-10-22-35-81-63(97)29-16-13-25-45-114-78-69(84-56(4)94)75(106)72(103)60(53-91)121-78)40-49-117-124(110,111)119-51-42-88(67(101)33-20-11-23-36-82-64(98)30-17-14-26-46-115-79-70(85-57(5)95)76(107)73(104)61(54-92)122-79)41-50-118-123(108,109)116-48-39-86(37-43-89)65(99)31-18-9-21-34-80-62(96)28-15-12-24-44-113-77-68(83-55(3)93)74(105)71(102)59(52-90)120-77/h58-61,68-79,89-92,102-107H,6-54H2,1-5H3,(H,80,96)(H,81,97)(H,82,98)(H,83,93)(H,84,94)(H,85,95)(H,108,109)(H,110,111). The van der Waals surface area contributed by atoms with E-state index in [1.165, 1.54) is 35.5 Å². The molecule has 45 heteroatoms. The summed E-state index contributed by atoms with van der Waals surface area (Å²) in [5, 5.41) is 117. The summed E-state index contributed by atoms with van der Waals surface area (Å²) in [6.45, 7) is 4.15. The van der Waals surface area contributed by atoms with E-state index in [4.69, 9.17) is 51.3 Å². The Morgan fingerprint density at radius 3 is 0.919 bits per heavy atom. The molecule has 0 spiro atoms. The Morgan fingerprint density at radius 2 is 0.645 bits per heavy atom. The number of carbonyl (C=O) groups is 9. The quantitative estimate of drug-likeness (QED) is 0.0265. The number of amides is 9. The van der Waals surface area contributed by atoms with E-state index in [2.05, 4.69) is 38.8 Å². The molecule has 124 heavy (non-hydrogen) atoms. The molecule has 0 saturated carbocycles. The van der Waals surface area contributed by atoms with Crippen LogP contribution in [-0.4, -0.2) is 365 Å². The summed E-state index contributed by atoms with van der Waals surface area (Å²) >= 11 is 0. The lowest BCUT2D eigenvalue weighted by atomic mass is 9.97. The van der Waals surface area contributed by atoms with E-state index in [1.807, 2.05) is 6.92 Å². The van der Waals surface area contributed by atoms with Crippen molar-refractivity contribution in [3.05, 3.63) is 0 Å². The third-order valence-corrected chi connectivity index (χ3v) is 22.9. The first kappa shape index (κ1) is 113. The predicted octanol–water partition coefficient (Wildman–Crippen LogP) is -0.691. The summed E-state index contributed by atoms with van der Waals surface area (Å²) in [6, 6.07) is -3.21. The number of carbonyl (C=O) groups excluding carboxylic acids is 9. The van der Waals surface area contributed by atoms with Crippen molar-refractivity contribution in [3.8, 4) is 0 Å². The van der Waals surface area contributed by atoms with Gasteiger partial charge in [-0.1, -0.05) is 65.2 Å². The van der Waals surface area contributed by atoms with E-state index in [-0.39, 0.29) is 146 Å². The van der Waals surface area contributed by atoms with Gasteiger partial charge in [0.1, 0.15) is 73.1 Å². The van der Waals surface area contributed by atoms with E-state index in [9.17, 15) is 113 Å². The molecule has 18 N–H and O–H groups in total. The topological polar surface area (TPSA) is 614 Å². The summed E-state index contributed by atoms with van der Waals surface area (Å²) in [5.74, 6) is -3.15. The van der Waals surface area contributed by atoms with E-state index in [0.717, 1.165) is 25.7 Å². The average molecular weight is 1830 g/mol. The molecule has 0 aromatic carbocycles. The second-order valence-electron chi connectivity index (χ2n) is 31.0. The molecular weight excluding hydrogens is 1680 g/mol. The maximum atomic E-state index is 13.8. The average Bonchev–Trinajstić information content (AvgIpc) is 0.817. The number of aliphatic hydroxyl groups is 10. The molecule has 3 rings (SSSR count). The van der Waals surface area contributed by atoms with Gasteiger partial charge in [0.05, 0.1) is 65.6 Å². The Balaban J connectivity index is 1.51. The third-order valence-electron chi connectivity index (χ3n) is 20.9. The Labute approximate surface area is 727 Å². The molecular formula is C79H147N9O34P2. The largest absolute Gasteiger partial charge is 0.472 e. The number of unbranched alkanes of at least 4 members (excludes halogenated alkanes) is 13. The van der Waals surface area contributed by atoms with Crippen LogP contribution in [0.1, 0.15) is 214 Å². The van der Waals surface area contributed by atoms with Gasteiger partial charge >= 0.3 is 15.6 Å². The first-order valence-corrected chi connectivity index (χ1v) is 46.9. The number of rotatable bonds is 71. The van der Waals surface area contributed by atoms with Crippen molar-refractivity contribution in [1.29, 1.82) is 0 Å². The molecule has 0 bridgehead atoms. The predicted molar refractivity (Wildman–Crippen MR) is 444 cm³/mol. The lowest BCUT2D eigenvalue weighted by Crippen LogP contribution is -2.64. The van der Waals surface area contributed by atoms with Crippen molar-refractivity contribution < 1.29 is 164 Å². The molecule has 3 fully saturated rings. The van der Waals surface area contributed by atoms with Gasteiger partial charge in [0.2, 0.25) is 53.2 Å². The van der Waals surface area contributed by atoms with Crippen LogP contribution in [0.4, 0.5) is 0 Å². The third kappa shape index (κ3) is 47.4. The minimum Gasteiger partial charge on any atom is -0.395 e. The molecule has 3 saturated heterocycles. The zero-order valence-corrected chi connectivity index (χ0v) is 74.8. The summed E-state index contributed by atoms with van der Waals surface area (Å²) in [5.41, 5.74) is 0. The number of hydrogen-bond acceptors (Lipinski definition) is 32. The summed E-state index contributed by atoms with van der Waals surface area (Å²) in [6.07, 6.45) is -1.96. The van der Waals surface area contributed by atoms with Crippen molar-refractivity contribution in [1.82, 2.24) is 46.6 Å². The molecule has 43 nitrogen and oxygen atoms in total. The van der Waals surface area contributed by atoms with Gasteiger partial charge in [-0.25, -0.2) is 9.13 Å². The first-order valence-electron chi connectivity index (χ1n) is 43.9. The maximum absolute atomic E-state index is 13.8. The SMILES string of the molecule is CCCCC(CC)OCCN(CCOP(=O)(O)OCCN(CCOP(=O)(O)OCCN(CCO)C(=O)CCCCCNC(=O)CCCCCOC1OC(CO)C(O)C(O)C1NC(C)=O)C(=O)CCCCCNC(=O)CCCCCOC1OC(CO)C(O)C(O)C1NC(C)=O)C(=O)CCCCCNC(=O)CCCCCOC1OC(CO)C(O)C(O)C1NC(C)=O. The Hall–Kier alpha value is -5.23. The summed E-state index contributed by atoms with van der Waals surface area (Å²) in [7, 11) is -9.73. The molecule has 0 aromatic heterocycles. The van der Waals surface area contributed by atoms with Crippen molar-refractivity contribution in [2.45, 2.75) is 312 Å². The van der Waals surface area contributed by atoms with Crippen LogP contribution >= 0.6 is 15.6 Å². The summed E-state index contributed by atoms with van der Waals surface area (Å²) < 4.78 is 87.7. The highest BCUT2D eigenvalue weighted by Gasteiger charge is 2.48. The Bertz CT molecular complexity index is 3120. The monoisotopic (exact) mass is 1830 g/mol. The second-order valence-corrected chi connectivity index (χ2v) is 33.9. The van der Waals surface area contributed by atoms with Gasteiger partial charge in [-0.3, -0.25) is 61.2 Å². The van der Waals surface area contributed by atoms with Crippen LogP contribution < -0.4 is 31.9 Å². The number of hydrogen-bond donors (Lipinski definition) is 18. The number of phosphoric ester groups is 2. The zero-order chi connectivity index (χ0) is 91.8. The highest BCUT2D eigenvalue weighted by Crippen LogP contribution is 2.44. The lowest BCUT2D eigenvalue weighted by molar-refractivity contribution is -0.270. The fraction of sp³-hybridized carbons (Fsp3) is 0.886. The number of aliphatic hydroxyl groups excluding tert-OH is 10. The molecule has 18 atom stereocenters. The number of nitrogens with zero attached hydrogens (tertiary/aromatic N) is 3. The molecule has 0 radical (unpaired) electrons. The van der Waals surface area contributed by atoms with Crippen LogP contribution in [-0.2, 0) is 104 Å². The van der Waals surface area contributed by atoms with Gasteiger partial charge in [0.25, 0.3) is 0 Å². The van der Waals surface area contributed by atoms with Gasteiger partial charge in [-0.15, -0.1) is 0 Å². The molecule has 3 heterocycles. The fourth-order valence-corrected chi connectivity index (χ4v) is 15.2. The van der Waals surface area contributed by atoms with E-state index in [0.29, 0.717) is 129 Å². The lowest BCUT2D eigenvalue weighted by Gasteiger charge is -2.42. The minimum absolute atomic E-state index is 0.0437. The van der Waals surface area contributed by atoms with Crippen molar-refractivity contribution in [3.63, 3.8) is 0 Å². The van der Waals surface area contributed by atoms with Crippen LogP contribution in [0.5, 0.6) is 0 Å². The fourth-order valence-electron chi connectivity index (χ4n) is 13.8. The molecule has 722 valence electrons. The smallest absolute Gasteiger partial charge is 0.395 e. The van der Waals surface area contributed by atoms with Crippen LogP contribution in [0.3, 0.4) is 0 Å². The molecule has 3 aliphatic heterocycles. The van der Waals surface area contributed by atoms with E-state index < -0.39 is 184 Å². The van der Waals surface area contributed by atoms with Gasteiger partial charge in [0.15, 0.2) is 18.9 Å². The van der Waals surface area contributed by atoms with Crippen molar-refractivity contribution >= 4 is 68.8 Å². The normalized spacial score (nSPS) is 23.9. The number of ether oxygens (including phenoxy) is 7. The van der Waals surface area contributed by atoms with Crippen LogP contribution in [0, 0.1) is 0 Å².